The van der Waals surface area contributed by atoms with Gasteiger partial charge in [0.1, 0.15) is 17.9 Å². The summed E-state index contributed by atoms with van der Waals surface area (Å²) in [6, 6.07) is 6.78. The minimum atomic E-state index is -0.202. The van der Waals surface area contributed by atoms with E-state index in [1.807, 2.05) is 13.8 Å². The highest BCUT2D eigenvalue weighted by Gasteiger charge is 2.40. The quantitative estimate of drug-likeness (QED) is 0.877. The topological polar surface area (TPSA) is 73.6 Å². The molecule has 5 heteroatoms. The summed E-state index contributed by atoms with van der Waals surface area (Å²) in [4.78, 5) is 4.58. The van der Waals surface area contributed by atoms with Crippen molar-refractivity contribution in [2.75, 3.05) is 6.61 Å². The molecule has 2 aromatic rings. The number of aromatic nitrogens is 1. The normalized spacial score (nSPS) is 23.3. The van der Waals surface area contributed by atoms with Gasteiger partial charge in [0.15, 0.2) is 0 Å². The molecule has 2 N–H and O–H groups in total. The lowest BCUT2D eigenvalue weighted by Gasteiger charge is -2.31. The van der Waals surface area contributed by atoms with E-state index in [2.05, 4.69) is 28.3 Å². The monoisotopic (exact) mass is 297 g/mol. The smallest absolute Gasteiger partial charge is 0.282 e. The first-order chi connectivity index (χ1) is 10.6. The standard InChI is InChI=1S/C17H19N3O2/c1-10-15(11(2)22-20-10)13-5-3-4-12-6-7-17(8-14(12)13)9-21-16(18)19-17/h3-5H,6-9H2,1-2H3,(H2,18,19)/t17-/m1/s1. The van der Waals surface area contributed by atoms with Crippen molar-refractivity contribution in [3.63, 3.8) is 0 Å². The van der Waals surface area contributed by atoms with Crippen molar-refractivity contribution in [1.29, 1.82) is 0 Å². The average molecular weight is 297 g/mol. The van der Waals surface area contributed by atoms with Crippen molar-refractivity contribution < 1.29 is 9.26 Å². The van der Waals surface area contributed by atoms with Crippen molar-refractivity contribution >= 4 is 6.02 Å². The largest absolute Gasteiger partial charge is 0.463 e. The molecule has 1 aromatic heterocycles. The fraction of sp³-hybridized carbons (Fsp3) is 0.412. The number of hydrogen-bond acceptors (Lipinski definition) is 5. The lowest BCUT2D eigenvalue weighted by molar-refractivity contribution is 0.235. The fourth-order valence-corrected chi connectivity index (χ4v) is 3.69. The molecule has 1 aliphatic carbocycles. The molecular formula is C17H19N3O2. The Labute approximate surface area is 129 Å². The lowest BCUT2D eigenvalue weighted by atomic mass is 9.76. The van der Waals surface area contributed by atoms with Gasteiger partial charge in [-0.3, -0.25) is 0 Å². The van der Waals surface area contributed by atoms with Gasteiger partial charge in [-0.25, -0.2) is 4.99 Å². The molecule has 2 aliphatic rings. The Bertz CT molecular complexity index is 759. The third kappa shape index (κ3) is 1.92. The lowest BCUT2D eigenvalue weighted by Crippen LogP contribution is -2.35. The highest BCUT2D eigenvalue weighted by molar-refractivity contribution is 5.75. The third-order valence-electron chi connectivity index (χ3n) is 4.78. The number of benzene rings is 1. The first kappa shape index (κ1) is 13.4. The van der Waals surface area contributed by atoms with Crippen LogP contribution >= 0.6 is 0 Å². The van der Waals surface area contributed by atoms with Crippen LogP contribution in [0.4, 0.5) is 0 Å². The Morgan fingerprint density at radius 1 is 1.27 bits per heavy atom. The maximum atomic E-state index is 5.74. The number of nitrogens with zero attached hydrogens (tertiary/aromatic N) is 2. The number of ether oxygens (including phenoxy) is 1. The zero-order valence-electron chi connectivity index (χ0n) is 12.8. The summed E-state index contributed by atoms with van der Waals surface area (Å²) in [5.74, 6) is 0.858. The highest BCUT2D eigenvalue weighted by Crippen LogP contribution is 2.40. The fourth-order valence-electron chi connectivity index (χ4n) is 3.69. The molecule has 1 spiro atoms. The first-order valence-electron chi connectivity index (χ1n) is 7.60. The van der Waals surface area contributed by atoms with Crippen LogP contribution in [0.3, 0.4) is 0 Å². The summed E-state index contributed by atoms with van der Waals surface area (Å²) in [5, 5.41) is 4.10. The van der Waals surface area contributed by atoms with Gasteiger partial charge in [-0.2, -0.15) is 0 Å². The van der Waals surface area contributed by atoms with E-state index in [1.54, 1.807) is 0 Å². The minimum Gasteiger partial charge on any atom is -0.463 e. The Balaban J connectivity index is 1.85. The van der Waals surface area contributed by atoms with Crippen molar-refractivity contribution in [2.45, 2.75) is 38.6 Å². The summed E-state index contributed by atoms with van der Waals surface area (Å²) in [6.45, 7) is 4.52. The van der Waals surface area contributed by atoms with Gasteiger partial charge >= 0.3 is 0 Å². The van der Waals surface area contributed by atoms with Crippen LogP contribution in [-0.2, 0) is 17.6 Å². The van der Waals surface area contributed by atoms with E-state index in [9.17, 15) is 0 Å². The minimum absolute atomic E-state index is 0.202. The van der Waals surface area contributed by atoms with Crippen LogP contribution in [0.15, 0.2) is 27.7 Å². The molecule has 1 aromatic carbocycles. The van der Waals surface area contributed by atoms with Gasteiger partial charge in [-0.05, 0) is 43.4 Å². The van der Waals surface area contributed by atoms with Crippen LogP contribution in [0.25, 0.3) is 11.1 Å². The number of hydrogen-bond donors (Lipinski definition) is 1. The summed E-state index contributed by atoms with van der Waals surface area (Å²) < 4.78 is 10.8. The molecule has 1 atom stereocenters. The van der Waals surface area contributed by atoms with Crippen LogP contribution in [0.2, 0.25) is 0 Å². The molecule has 0 bridgehead atoms. The predicted molar refractivity (Wildman–Crippen MR) is 83.7 cm³/mol. The van der Waals surface area contributed by atoms with Crippen LogP contribution in [0.1, 0.15) is 29.0 Å². The van der Waals surface area contributed by atoms with E-state index in [4.69, 9.17) is 15.0 Å². The van der Waals surface area contributed by atoms with Gasteiger partial charge in [0, 0.05) is 12.0 Å². The zero-order chi connectivity index (χ0) is 15.3. The molecule has 0 saturated heterocycles. The van der Waals surface area contributed by atoms with Crippen LogP contribution in [0.5, 0.6) is 0 Å². The number of rotatable bonds is 1. The molecule has 0 radical (unpaired) electrons. The van der Waals surface area contributed by atoms with E-state index in [0.29, 0.717) is 12.6 Å². The van der Waals surface area contributed by atoms with Gasteiger partial charge < -0.3 is 15.0 Å². The number of nitrogens with two attached hydrogens (primary N) is 1. The van der Waals surface area contributed by atoms with Crippen LogP contribution < -0.4 is 5.73 Å². The highest BCUT2D eigenvalue weighted by atomic mass is 16.5. The van der Waals surface area contributed by atoms with Crippen molar-refractivity contribution in [1.82, 2.24) is 5.16 Å². The van der Waals surface area contributed by atoms with Gasteiger partial charge in [0.25, 0.3) is 6.02 Å². The molecule has 4 rings (SSSR count). The Morgan fingerprint density at radius 3 is 2.82 bits per heavy atom. The van der Waals surface area contributed by atoms with E-state index in [1.165, 1.54) is 16.7 Å². The Morgan fingerprint density at radius 2 is 2.14 bits per heavy atom. The van der Waals surface area contributed by atoms with Crippen LogP contribution in [-0.4, -0.2) is 23.3 Å². The maximum absolute atomic E-state index is 5.74. The van der Waals surface area contributed by atoms with E-state index < -0.39 is 0 Å². The molecular weight excluding hydrogens is 278 g/mol. The second-order valence-electron chi connectivity index (χ2n) is 6.28. The molecule has 22 heavy (non-hydrogen) atoms. The van der Waals surface area contributed by atoms with Crippen molar-refractivity contribution in [3.05, 3.63) is 40.8 Å². The van der Waals surface area contributed by atoms with E-state index in [-0.39, 0.29) is 5.54 Å². The summed E-state index contributed by atoms with van der Waals surface area (Å²) in [6.07, 6.45) is 2.82. The Kier molecular flexibility index (Phi) is 2.79. The van der Waals surface area contributed by atoms with Gasteiger partial charge in [0.05, 0.1) is 5.69 Å². The molecule has 0 saturated carbocycles. The van der Waals surface area contributed by atoms with Crippen LogP contribution in [0, 0.1) is 13.8 Å². The number of aliphatic imine (C=N–C) groups is 1. The Hall–Kier alpha value is -2.30. The molecule has 5 nitrogen and oxygen atoms in total. The molecule has 0 fully saturated rings. The summed E-state index contributed by atoms with van der Waals surface area (Å²) >= 11 is 0. The number of fused-ring (bicyclic) bond motifs is 1. The van der Waals surface area contributed by atoms with Gasteiger partial charge in [0.2, 0.25) is 0 Å². The first-order valence-corrected chi connectivity index (χ1v) is 7.60. The van der Waals surface area contributed by atoms with Gasteiger partial charge in [-0.15, -0.1) is 0 Å². The second kappa shape index (κ2) is 4.60. The van der Waals surface area contributed by atoms with E-state index >= 15 is 0 Å². The molecule has 1 aliphatic heterocycles. The van der Waals surface area contributed by atoms with Crippen molar-refractivity contribution in [3.8, 4) is 11.1 Å². The molecule has 0 unspecified atom stereocenters. The predicted octanol–water partition coefficient (Wildman–Crippen LogP) is 2.53. The maximum Gasteiger partial charge on any atom is 0.282 e. The SMILES string of the molecule is Cc1noc(C)c1-c1cccc2c1C[C@]1(CC2)COC(N)=N1. The second-order valence-corrected chi connectivity index (χ2v) is 6.28. The summed E-state index contributed by atoms with van der Waals surface area (Å²) in [5.41, 5.74) is 11.5. The van der Waals surface area contributed by atoms with Gasteiger partial charge in [-0.1, -0.05) is 23.4 Å². The third-order valence-corrected chi connectivity index (χ3v) is 4.78. The molecule has 0 amide bonds. The number of amidine groups is 1. The average Bonchev–Trinajstić information content (AvgIpc) is 3.02. The van der Waals surface area contributed by atoms with E-state index in [0.717, 1.165) is 36.3 Å². The summed E-state index contributed by atoms with van der Waals surface area (Å²) in [7, 11) is 0. The zero-order valence-corrected chi connectivity index (χ0v) is 12.8. The molecule has 2 heterocycles. The number of aryl methyl sites for hydroxylation is 3. The molecule has 114 valence electrons. The van der Waals surface area contributed by atoms with Crippen molar-refractivity contribution in [2.24, 2.45) is 10.7 Å².